The molecule has 0 saturated heterocycles. The van der Waals surface area contributed by atoms with Crippen molar-refractivity contribution in [2.24, 2.45) is 0 Å². The Morgan fingerprint density at radius 2 is 2.12 bits per heavy atom. The van der Waals surface area contributed by atoms with Crippen LogP contribution in [0.5, 0.6) is 0 Å². The second-order valence-electron chi connectivity index (χ2n) is 3.14. The van der Waals surface area contributed by atoms with E-state index in [1.54, 1.807) is 24.5 Å². The summed E-state index contributed by atoms with van der Waals surface area (Å²) in [6.45, 7) is 0. The van der Waals surface area contributed by atoms with E-state index in [9.17, 15) is 13.2 Å². The summed E-state index contributed by atoms with van der Waals surface area (Å²) >= 11 is 0. The lowest BCUT2D eigenvalue weighted by molar-refractivity contribution is -0.144. The summed E-state index contributed by atoms with van der Waals surface area (Å²) in [7, 11) is 0. The number of aromatic amines is 1. The Balaban J connectivity index is 2.15. The maximum absolute atomic E-state index is 12.2. The molecule has 16 heavy (non-hydrogen) atoms. The van der Waals surface area contributed by atoms with Crippen molar-refractivity contribution in [1.82, 2.24) is 20.2 Å². The van der Waals surface area contributed by atoms with Crippen LogP contribution in [0.3, 0.4) is 0 Å². The van der Waals surface area contributed by atoms with Crippen molar-refractivity contribution >= 4 is 0 Å². The van der Waals surface area contributed by atoms with Gasteiger partial charge in [0.2, 0.25) is 0 Å². The van der Waals surface area contributed by atoms with Crippen LogP contribution in [-0.2, 0) is 12.6 Å². The average molecular weight is 228 g/mol. The quantitative estimate of drug-likeness (QED) is 0.852. The molecule has 0 aliphatic heterocycles. The van der Waals surface area contributed by atoms with Crippen LogP contribution in [0, 0.1) is 0 Å². The molecule has 84 valence electrons. The molecule has 2 heterocycles. The minimum absolute atomic E-state index is 0.167. The molecule has 2 aromatic heterocycles. The molecule has 0 atom stereocenters. The van der Waals surface area contributed by atoms with E-state index in [1.807, 2.05) is 0 Å². The zero-order valence-electron chi connectivity index (χ0n) is 7.99. The molecule has 4 nitrogen and oxygen atoms in total. The summed E-state index contributed by atoms with van der Waals surface area (Å²) < 4.78 is 36.5. The van der Waals surface area contributed by atoms with Gasteiger partial charge >= 0.3 is 6.18 Å². The van der Waals surface area contributed by atoms with Gasteiger partial charge in [-0.05, 0) is 11.6 Å². The van der Waals surface area contributed by atoms with Gasteiger partial charge in [0, 0.05) is 18.8 Å². The zero-order chi connectivity index (χ0) is 11.6. The largest absolute Gasteiger partial charge is 0.453 e. The minimum atomic E-state index is -4.51. The fourth-order valence-corrected chi connectivity index (χ4v) is 1.20. The topological polar surface area (TPSA) is 54.5 Å². The molecule has 0 spiro atoms. The number of hydrogen-bond donors (Lipinski definition) is 1. The molecule has 2 aromatic rings. The molecule has 0 aliphatic rings. The highest BCUT2D eigenvalue weighted by atomic mass is 19.4. The highest BCUT2D eigenvalue weighted by Crippen LogP contribution is 2.25. The van der Waals surface area contributed by atoms with Gasteiger partial charge in [-0.15, -0.1) is 5.10 Å². The van der Waals surface area contributed by atoms with Crippen LogP contribution in [0.2, 0.25) is 0 Å². The first kappa shape index (κ1) is 10.6. The van der Waals surface area contributed by atoms with Crippen molar-refractivity contribution in [3.05, 3.63) is 41.7 Å². The second kappa shape index (κ2) is 3.92. The SMILES string of the molecule is FC(F)(F)c1n[nH]c(Cc2cccnc2)n1. The molecule has 0 amide bonds. The lowest BCUT2D eigenvalue weighted by Crippen LogP contribution is -2.07. The van der Waals surface area contributed by atoms with Crippen LogP contribution >= 0.6 is 0 Å². The van der Waals surface area contributed by atoms with E-state index in [1.165, 1.54) is 0 Å². The Labute approximate surface area is 88.6 Å². The molecule has 0 fully saturated rings. The van der Waals surface area contributed by atoms with Crippen molar-refractivity contribution in [3.63, 3.8) is 0 Å². The molecule has 0 aromatic carbocycles. The van der Waals surface area contributed by atoms with E-state index in [-0.39, 0.29) is 12.2 Å². The van der Waals surface area contributed by atoms with E-state index >= 15 is 0 Å². The fourth-order valence-electron chi connectivity index (χ4n) is 1.20. The Kier molecular flexibility index (Phi) is 2.59. The van der Waals surface area contributed by atoms with Crippen molar-refractivity contribution < 1.29 is 13.2 Å². The van der Waals surface area contributed by atoms with Gasteiger partial charge in [-0.2, -0.15) is 13.2 Å². The zero-order valence-corrected chi connectivity index (χ0v) is 7.99. The summed E-state index contributed by atoms with van der Waals surface area (Å²) in [6.07, 6.45) is -1.11. The molecule has 2 rings (SSSR count). The third-order valence-electron chi connectivity index (χ3n) is 1.88. The number of hydrogen-bond acceptors (Lipinski definition) is 3. The highest BCUT2D eigenvalue weighted by Gasteiger charge is 2.35. The average Bonchev–Trinajstić information content (AvgIpc) is 2.67. The number of halogens is 3. The van der Waals surface area contributed by atoms with Gasteiger partial charge in [-0.3, -0.25) is 10.1 Å². The number of rotatable bonds is 2. The summed E-state index contributed by atoms with van der Waals surface area (Å²) in [5.74, 6) is -0.980. The van der Waals surface area contributed by atoms with Gasteiger partial charge in [0.25, 0.3) is 5.82 Å². The van der Waals surface area contributed by atoms with Crippen LogP contribution in [0.4, 0.5) is 13.2 Å². The van der Waals surface area contributed by atoms with E-state index in [4.69, 9.17) is 0 Å². The van der Waals surface area contributed by atoms with Gasteiger partial charge in [0.05, 0.1) is 0 Å². The Hall–Kier alpha value is -1.92. The molecular formula is C9H7F3N4. The predicted octanol–water partition coefficient (Wildman–Crippen LogP) is 1.81. The van der Waals surface area contributed by atoms with E-state index in [0.29, 0.717) is 0 Å². The Morgan fingerprint density at radius 1 is 1.31 bits per heavy atom. The number of aromatic nitrogens is 4. The summed E-state index contributed by atoms with van der Waals surface area (Å²) in [4.78, 5) is 7.21. The third-order valence-corrected chi connectivity index (χ3v) is 1.88. The minimum Gasteiger partial charge on any atom is -0.264 e. The molecular weight excluding hydrogens is 221 g/mol. The molecule has 0 saturated carbocycles. The lowest BCUT2D eigenvalue weighted by Gasteiger charge is -1.98. The third kappa shape index (κ3) is 2.36. The number of pyridine rings is 1. The maximum atomic E-state index is 12.2. The normalized spacial score (nSPS) is 11.7. The van der Waals surface area contributed by atoms with E-state index in [0.717, 1.165) is 5.56 Å². The smallest absolute Gasteiger partial charge is 0.264 e. The predicted molar refractivity (Wildman–Crippen MR) is 48.4 cm³/mol. The first-order valence-corrected chi connectivity index (χ1v) is 4.43. The number of H-pyrrole nitrogens is 1. The monoisotopic (exact) mass is 228 g/mol. The van der Waals surface area contributed by atoms with Crippen LogP contribution < -0.4 is 0 Å². The van der Waals surface area contributed by atoms with Crippen LogP contribution in [0.1, 0.15) is 17.2 Å². The van der Waals surface area contributed by atoms with Crippen LogP contribution in [0.15, 0.2) is 24.5 Å². The summed E-state index contributed by atoms with van der Waals surface area (Å²) in [6, 6.07) is 3.46. The number of nitrogens with zero attached hydrogens (tertiary/aromatic N) is 3. The first-order valence-electron chi connectivity index (χ1n) is 4.43. The van der Waals surface area contributed by atoms with Gasteiger partial charge in [0.1, 0.15) is 5.82 Å². The van der Waals surface area contributed by atoms with E-state index < -0.39 is 12.0 Å². The van der Waals surface area contributed by atoms with Crippen LogP contribution in [0.25, 0.3) is 0 Å². The molecule has 0 radical (unpaired) electrons. The molecule has 0 unspecified atom stereocenters. The maximum Gasteiger partial charge on any atom is 0.453 e. The lowest BCUT2D eigenvalue weighted by atomic mass is 10.2. The second-order valence-corrected chi connectivity index (χ2v) is 3.14. The molecule has 1 N–H and O–H groups in total. The number of nitrogens with one attached hydrogen (secondary N) is 1. The molecule has 7 heteroatoms. The Bertz CT molecular complexity index is 463. The van der Waals surface area contributed by atoms with Gasteiger partial charge < -0.3 is 0 Å². The molecule has 0 bridgehead atoms. The molecule has 0 aliphatic carbocycles. The standard InChI is InChI=1S/C9H7F3N4/c10-9(11,12)8-14-7(15-16-8)4-6-2-1-3-13-5-6/h1-3,5H,4H2,(H,14,15,16). The van der Waals surface area contributed by atoms with Crippen molar-refractivity contribution in [1.29, 1.82) is 0 Å². The van der Waals surface area contributed by atoms with Crippen molar-refractivity contribution in [2.75, 3.05) is 0 Å². The first-order chi connectivity index (χ1) is 7.55. The summed E-state index contributed by atoms with van der Waals surface area (Å²) in [5, 5.41) is 5.35. The highest BCUT2D eigenvalue weighted by molar-refractivity contribution is 5.14. The summed E-state index contributed by atoms with van der Waals surface area (Å²) in [5.41, 5.74) is 0.771. The van der Waals surface area contributed by atoms with Crippen molar-refractivity contribution in [2.45, 2.75) is 12.6 Å². The van der Waals surface area contributed by atoms with Gasteiger partial charge in [-0.1, -0.05) is 6.07 Å². The van der Waals surface area contributed by atoms with Crippen molar-refractivity contribution in [3.8, 4) is 0 Å². The number of alkyl halides is 3. The van der Waals surface area contributed by atoms with Crippen LogP contribution in [-0.4, -0.2) is 20.2 Å². The van der Waals surface area contributed by atoms with Gasteiger partial charge in [-0.25, -0.2) is 4.98 Å². The van der Waals surface area contributed by atoms with Gasteiger partial charge in [0.15, 0.2) is 0 Å². The fraction of sp³-hybridized carbons (Fsp3) is 0.222. The Morgan fingerprint density at radius 3 is 2.69 bits per heavy atom. The van der Waals surface area contributed by atoms with E-state index in [2.05, 4.69) is 20.2 Å².